The summed E-state index contributed by atoms with van der Waals surface area (Å²) in [7, 11) is 4.69. The Morgan fingerprint density at radius 1 is 0.930 bits per heavy atom. The van der Waals surface area contributed by atoms with E-state index in [1.54, 1.807) is 45.7 Å². The predicted molar refractivity (Wildman–Crippen MR) is 170 cm³/mol. The molecule has 2 N–H and O–H groups in total. The summed E-state index contributed by atoms with van der Waals surface area (Å²) in [4.78, 5) is 24.4. The number of carbonyl (C=O) groups excluding carboxylic acids is 1. The van der Waals surface area contributed by atoms with Gasteiger partial charge in [0.25, 0.3) is 0 Å². The van der Waals surface area contributed by atoms with Gasteiger partial charge in [-0.05, 0) is 53.8 Å². The molecule has 0 aliphatic carbocycles. The number of carbonyl (C=O) groups is 1. The lowest BCUT2D eigenvalue weighted by Gasteiger charge is -2.33. The lowest BCUT2D eigenvalue weighted by molar-refractivity contribution is -0.125. The number of nitrogens with one attached hydrogen (secondary N) is 2. The van der Waals surface area contributed by atoms with Crippen LogP contribution < -0.4 is 29.7 Å². The van der Waals surface area contributed by atoms with Crippen LogP contribution in [0.2, 0.25) is 10.0 Å². The van der Waals surface area contributed by atoms with Gasteiger partial charge in [0.05, 0.1) is 27.2 Å². The number of aromatic nitrogens is 2. The summed E-state index contributed by atoms with van der Waals surface area (Å²) >= 11 is 12.3. The molecule has 9 nitrogen and oxygen atoms in total. The first-order valence-corrected chi connectivity index (χ1v) is 14.6. The topological polar surface area (TPSA) is 97.8 Å². The highest BCUT2D eigenvalue weighted by molar-refractivity contribution is 6.35. The third kappa shape index (κ3) is 7.42. The quantitative estimate of drug-likeness (QED) is 0.201. The minimum atomic E-state index is -0.150. The molecule has 224 valence electrons. The van der Waals surface area contributed by atoms with E-state index >= 15 is 0 Å². The molecule has 5 rings (SSSR count). The molecule has 1 saturated heterocycles. The van der Waals surface area contributed by atoms with E-state index < -0.39 is 0 Å². The Bertz CT molecular complexity index is 1540. The molecule has 1 aromatic heterocycles. The number of halogens is 2. The highest BCUT2D eigenvalue weighted by atomic mass is 35.5. The number of nitrogens with zero attached hydrogens (tertiary/aromatic N) is 3. The molecule has 43 heavy (non-hydrogen) atoms. The minimum absolute atomic E-state index is 0.0280. The summed E-state index contributed by atoms with van der Waals surface area (Å²) in [6.45, 7) is 1.82. The third-order valence-electron chi connectivity index (χ3n) is 7.29. The fourth-order valence-corrected chi connectivity index (χ4v) is 5.66. The van der Waals surface area contributed by atoms with Crippen LogP contribution in [-0.4, -0.2) is 50.3 Å². The van der Waals surface area contributed by atoms with Crippen LogP contribution in [0.3, 0.4) is 0 Å². The fraction of sp³-hybridized carbons (Fsp3) is 0.281. The van der Waals surface area contributed by atoms with Gasteiger partial charge in [-0.15, -0.1) is 0 Å². The second kappa shape index (κ2) is 13.8. The third-order valence-corrected chi connectivity index (χ3v) is 7.73. The molecular weight excluding hydrogens is 589 g/mol. The highest BCUT2D eigenvalue weighted by Gasteiger charge is 2.27. The number of methoxy groups -OCH3 is 3. The van der Waals surface area contributed by atoms with Gasteiger partial charge in [-0.1, -0.05) is 47.5 Å². The minimum Gasteiger partial charge on any atom is -0.493 e. The molecule has 1 fully saturated rings. The van der Waals surface area contributed by atoms with Gasteiger partial charge in [0.1, 0.15) is 5.82 Å². The molecule has 1 aliphatic rings. The number of benzene rings is 3. The number of rotatable bonds is 10. The molecule has 11 heteroatoms. The smallest absolute Gasteiger partial charge is 0.229 e. The zero-order valence-corrected chi connectivity index (χ0v) is 25.7. The van der Waals surface area contributed by atoms with Crippen molar-refractivity contribution in [1.82, 2.24) is 15.3 Å². The maximum atomic E-state index is 13.1. The number of hydrogen-bond acceptors (Lipinski definition) is 8. The van der Waals surface area contributed by atoms with Crippen LogP contribution in [0.1, 0.15) is 18.4 Å². The van der Waals surface area contributed by atoms with Gasteiger partial charge in [0, 0.05) is 53.7 Å². The van der Waals surface area contributed by atoms with Crippen molar-refractivity contribution >= 4 is 46.6 Å². The summed E-state index contributed by atoms with van der Waals surface area (Å²) in [5.41, 5.74) is 3.65. The number of amides is 1. The predicted octanol–water partition coefficient (Wildman–Crippen LogP) is 6.75. The van der Waals surface area contributed by atoms with Crippen molar-refractivity contribution in [2.24, 2.45) is 5.92 Å². The van der Waals surface area contributed by atoms with Crippen molar-refractivity contribution < 1.29 is 19.0 Å². The average molecular weight is 623 g/mol. The van der Waals surface area contributed by atoms with Crippen LogP contribution in [0.5, 0.6) is 17.2 Å². The fourth-order valence-electron chi connectivity index (χ4n) is 5.14. The molecule has 1 atom stereocenters. The van der Waals surface area contributed by atoms with Crippen LogP contribution in [-0.2, 0) is 11.3 Å². The lowest BCUT2D eigenvalue weighted by Crippen LogP contribution is -2.43. The van der Waals surface area contributed by atoms with E-state index in [-0.39, 0.29) is 11.8 Å². The first kappa shape index (κ1) is 30.3. The maximum absolute atomic E-state index is 13.1. The summed E-state index contributed by atoms with van der Waals surface area (Å²) in [5, 5.41) is 7.51. The summed E-state index contributed by atoms with van der Waals surface area (Å²) in [6.07, 6.45) is 3.40. The maximum Gasteiger partial charge on any atom is 0.229 e. The van der Waals surface area contributed by atoms with E-state index in [9.17, 15) is 4.79 Å². The van der Waals surface area contributed by atoms with E-state index in [2.05, 4.69) is 20.5 Å². The zero-order valence-electron chi connectivity index (χ0n) is 24.2. The standard InChI is InChI=1S/C32H33Cl2N5O4/c1-41-27-16-26(17-28(42-2)30(27)43-3)37-32-35-11-10-29(38-32)39-12-4-5-22(19-39)31(40)36-18-20-6-8-21(9-7-20)23-13-24(33)15-25(34)14-23/h6-11,13-17,22H,4-5,12,18-19H2,1-3H3,(H,36,40)(H,35,37,38). The van der Waals surface area contributed by atoms with Crippen molar-refractivity contribution in [1.29, 1.82) is 0 Å². The van der Waals surface area contributed by atoms with Gasteiger partial charge >= 0.3 is 0 Å². The molecule has 0 bridgehead atoms. The average Bonchev–Trinajstić information content (AvgIpc) is 3.03. The first-order valence-electron chi connectivity index (χ1n) is 13.8. The number of hydrogen-bond donors (Lipinski definition) is 2. The van der Waals surface area contributed by atoms with Crippen molar-refractivity contribution in [2.45, 2.75) is 19.4 Å². The largest absolute Gasteiger partial charge is 0.493 e. The Labute approximate surface area is 261 Å². The second-order valence-electron chi connectivity index (χ2n) is 10.1. The molecule has 1 amide bonds. The molecule has 0 spiro atoms. The number of anilines is 3. The Kier molecular flexibility index (Phi) is 9.74. The molecule has 1 unspecified atom stereocenters. The zero-order chi connectivity index (χ0) is 30.3. The molecule has 3 aromatic carbocycles. The normalized spacial score (nSPS) is 14.6. The number of ether oxygens (including phenoxy) is 3. The summed E-state index contributed by atoms with van der Waals surface area (Å²) in [6, 6.07) is 18.9. The van der Waals surface area contributed by atoms with Gasteiger partial charge < -0.3 is 29.7 Å². The Morgan fingerprint density at radius 3 is 2.28 bits per heavy atom. The molecule has 0 saturated carbocycles. The molecule has 0 radical (unpaired) electrons. The van der Waals surface area contributed by atoms with Crippen LogP contribution >= 0.6 is 23.2 Å². The number of piperidine rings is 1. The lowest BCUT2D eigenvalue weighted by atomic mass is 9.97. The van der Waals surface area contributed by atoms with Crippen LogP contribution in [0.15, 0.2) is 66.9 Å². The van der Waals surface area contributed by atoms with E-state index in [1.165, 1.54) is 0 Å². The molecule has 2 heterocycles. The van der Waals surface area contributed by atoms with E-state index in [4.69, 9.17) is 42.4 Å². The van der Waals surface area contributed by atoms with Crippen molar-refractivity contribution in [3.05, 3.63) is 82.5 Å². The Morgan fingerprint density at radius 2 is 1.63 bits per heavy atom. The van der Waals surface area contributed by atoms with Crippen LogP contribution in [0, 0.1) is 5.92 Å². The molecular formula is C32H33Cl2N5O4. The summed E-state index contributed by atoms with van der Waals surface area (Å²) < 4.78 is 16.3. The van der Waals surface area contributed by atoms with Crippen LogP contribution in [0.4, 0.5) is 17.5 Å². The van der Waals surface area contributed by atoms with Gasteiger partial charge in [0.15, 0.2) is 11.5 Å². The van der Waals surface area contributed by atoms with Crippen LogP contribution in [0.25, 0.3) is 11.1 Å². The van der Waals surface area contributed by atoms with E-state index in [0.717, 1.165) is 41.9 Å². The van der Waals surface area contributed by atoms with E-state index in [1.807, 2.05) is 42.5 Å². The van der Waals surface area contributed by atoms with Crippen molar-refractivity contribution in [2.75, 3.05) is 44.6 Å². The van der Waals surface area contributed by atoms with Gasteiger partial charge in [-0.25, -0.2) is 4.98 Å². The van der Waals surface area contributed by atoms with Gasteiger partial charge in [-0.2, -0.15) is 4.98 Å². The van der Waals surface area contributed by atoms with Gasteiger partial charge in [-0.3, -0.25) is 4.79 Å². The molecule has 4 aromatic rings. The van der Waals surface area contributed by atoms with E-state index in [0.29, 0.717) is 52.0 Å². The monoisotopic (exact) mass is 621 g/mol. The highest BCUT2D eigenvalue weighted by Crippen LogP contribution is 2.40. The Hall–Kier alpha value is -4.21. The summed E-state index contributed by atoms with van der Waals surface area (Å²) in [5.74, 6) is 2.59. The first-order chi connectivity index (χ1) is 20.9. The Balaban J connectivity index is 1.20. The second-order valence-corrected chi connectivity index (χ2v) is 11.0. The van der Waals surface area contributed by atoms with Crippen molar-refractivity contribution in [3.8, 4) is 28.4 Å². The van der Waals surface area contributed by atoms with Crippen molar-refractivity contribution in [3.63, 3.8) is 0 Å². The SMILES string of the molecule is COc1cc(Nc2nccc(N3CCCC(C(=O)NCc4ccc(-c5cc(Cl)cc(Cl)c5)cc4)C3)n2)cc(OC)c1OC. The van der Waals surface area contributed by atoms with Gasteiger partial charge in [0.2, 0.25) is 17.6 Å². The molecule has 1 aliphatic heterocycles.